The van der Waals surface area contributed by atoms with Gasteiger partial charge in [0.2, 0.25) is 0 Å². The van der Waals surface area contributed by atoms with Crippen LogP contribution in [0.25, 0.3) is 66.1 Å². The average molecular weight is 614 g/mol. The van der Waals surface area contributed by atoms with Crippen LogP contribution in [0.3, 0.4) is 0 Å². The van der Waals surface area contributed by atoms with Crippen LogP contribution >= 0.6 is 0 Å². The van der Waals surface area contributed by atoms with Gasteiger partial charge in [-0.05, 0) is 81.7 Å². The maximum atomic E-state index is 6.90. The molecular weight excluding hydrogens is 583 g/mol. The van der Waals surface area contributed by atoms with Crippen LogP contribution < -0.4 is 4.90 Å². The molecule has 0 fully saturated rings. The molecule has 8 aromatic carbocycles. The van der Waals surface area contributed by atoms with E-state index in [-0.39, 0.29) is 0 Å². The minimum absolute atomic E-state index is 0.908. The van der Waals surface area contributed by atoms with Gasteiger partial charge in [-0.2, -0.15) is 0 Å². The Hall–Kier alpha value is -6.38. The number of anilines is 3. The van der Waals surface area contributed by atoms with Gasteiger partial charge in [0.1, 0.15) is 11.2 Å². The van der Waals surface area contributed by atoms with Crippen molar-refractivity contribution in [2.75, 3.05) is 4.90 Å². The maximum Gasteiger partial charge on any atom is 0.143 e. The van der Waals surface area contributed by atoms with Gasteiger partial charge in [0.15, 0.2) is 0 Å². The van der Waals surface area contributed by atoms with Gasteiger partial charge in [-0.25, -0.2) is 0 Å². The molecule has 226 valence electrons. The van der Waals surface area contributed by atoms with Gasteiger partial charge in [-0.15, -0.1) is 0 Å². The quantitative estimate of drug-likeness (QED) is 0.185. The lowest BCUT2D eigenvalue weighted by Crippen LogP contribution is -2.09. The molecule has 0 aliphatic heterocycles. The molecule has 48 heavy (non-hydrogen) atoms. The van der Waals surface area contributed by atoms with Crippen molar-refractivity contribution in [2.45, 2.75) is 0 Å². The average Bonchev–Trinajstić information content (AvgIpc) is 3.57. The minimum atomic E-state index is 0.908. The second kappa shape index (κ2) is 11.8. The molecule has 0 amide bonds. The number of nitrogens with zero attached hydrogens (tertiary/aromatic N) is 1. The van der Waals surface area contributed by atoms with Crippen LogP contribution in [-0.2, 0) is 0 Å². The predicted octanol–water partition coefficient (Wildman–Crippen LogP) is 13.2. The Morgan fingerprint density at radius 2 is 0.812 bits per heavy atom. The molecule has 0 N–H and O–H groups in total. The fourth-order valence-corrected chi connectivity index (χ4v) is 6.94. The fraction of sp³-hybridized carbons (Fsp3) is 0. The first-order valence-electron chi connectivity index (χ1n) is 16.4. The molecule has 1 aromatic heterocycles. The van der Waals surface area contributed by atoms with Crippen molar-refractivity contribution in [1.29, 1.82) is 0 Å². The van der Waals surface area contributed by atoms with Crippen LogP contribution in [0.2, 0.25) is 0 Å². The Bertz CT molecular complexity index is 2480. The van der Waals surface area contributed by atoms with Gasteiger partial charge in [0, 0.05) is 38.8 Å². The molecule has 0 spiro atoms. The molecule has 0 aliphatic carbocycles. The van der Waals surface area contributed by atoms with E-state index in [1.807, 2.05) is 0 Å². The summed E-state index contributed by atoms with van der Waals surface area (Å²) in [6.45, 7) is 0. The molecule has 0 saturated carbocycles. The number of fused-ring (bicyclic) bond motifs is 5. The molecule has 0 unspecified atom stereocenters. The zero-order valence-electron chi connectivity index (χ0n) is 26.3. The van der Waals surface area contributed by atoms with Gasteiger partial charge in [-0.3, -0.25) is 0 Å². The highest BCUT2D eigenvalue weighted by Gasteiger charge is 2.19. The number of benzene rings is 8. The second-order valence-corrected chi connectivity index (χ2v) is 12.1. The van der Waals surface area contributed by atoms with Crippen molar-refractivity contribution in [3.05, 3.63) is 188 Å². The van der Waals surface area contributed by atoms with Crippen LogP contribution in [0, 0.1) is 0 Å². The lowest BCUT2D eigenvalue weighted by molar-refractivity contribution is 0.674. The third-order valence-corrected chi connectivity index (χ3v) is 9.28. The minimum Gasteiger partial charge on any atom is -0.455 e. The van der Waals surface area contributed by atoms with E-state index in [0.717, 1.165) is 66.6 Å². The zero-order chi connectivity index (χ0) is 31.9. The van der Waals surface area contributed by atoms with Gasteiger partial charge in [0.05, 0.1) is 0 Å². The van der Waals surface area contributed by atoms with Crippen molar-refractivity contribution >= 4 is 49.8 Å². The van der Waals surface area contributed by atoms with E-state index in [0.29, 0.717) is 0 Å². The Labute approximate surface area is 279 Å². The molecule has 0 radical (unpaired) electrons. The summed E-state index contributed by atoms with van der Waals surface area (Å²) < 4.78 is 6.90. The number of hydrogen-bond donors (Lipinski definition) is 0. The summed E-state index contributed by atoms with van der Waals surface area (Å²) in [5.41, 5.74) is 12.1. The van der Waals surface area contributed by atoms with Crippen molar-refractivity contribution in [3.8, 4) is 33.4 Å². The molecule has 9 rings (SSSR count). The lowest BCUT2D eigenvalue weighted by atomic mass is 9.93. The summed E-state index contributed by atoms with van der Waals surface area (Å²) in [6.07, 6.45) is 0. The fourth-order valence-electron chi connectivity index (χ4n) is 6.94. The Kier molecular flexibility index (Phi) is 6.84. The molecule has 0 bridgehead atoms. The zero-order valence-corrected chi connectivity index (χ0v) is 26.3. The maximum absolute atomic E-state index is 6.90. The van der Waals surface area contributed by atoms with E-state index in [1.165, 1.54) is 16.5 Å². The molecule has 0 saturated heterocycles. The topological polar surface area (TPSA) is 16.4 Å². The summed E-state index contributed by atoms with van der Waals surface area (Å²) in [7, 11) is 0. The van der Waals surface area contributed by atoms with Gasteiger partial charge < -0.3 is 9.32 Å². The van der Waals surface area contributed by atoms with E-state index in [2.05, 4.69) is 193 Å². The highest BCUT2D eigenvalue weighted by Crippen LogP contribution is 2.44. The molecule has 9 aromatic rings. The van der Waals surface area contributed by atoms with E-state index in [4.69, 9.17) is 4.42 Å². The normalized spacial score (nSPS) is 11.3. The summed E-state index contributed by atoms with van der Waals surface area (Å²) in [6, 6.07) is 66.7. The lowest BCUT2D eigenvalue weighted by Gasteiger charge is -2.25. The highest BCUT2D eigenvalue weighted by molar-refractivity contribution is 6.21. The first-order chi connectivity index (χ1) is 23.8. The Morgan fingerprint density at radius 1 is 0.312 bits per heavy atom. The number of rotatable bonds is 6. The Morgan fingerprint density at radius 3 is 1.50 bits per heavy atom. The Balaban J connectivity index is 1.20. The van der Waals surface area contributed by atoms with Crippen LogP contribution in [0.4, 0.5) is 17.1 Å². The first kappa shape index (κ1) is 27.9. The van der Waals surface area contributed by atoms with E-state index in [9.17, 15) is 0 Å². The van der Waals surface area contributed by atoms with E-state index in [1.54, 1.807) is 0 Å². The smallest absolute Gasteiger partial charge is 0.143 e. The summed E-state index contributed by atoms with van der Waals surface area (Å²) in [4.78, 5) is 2.29. The third-order valence-electron chi connectivity index (χ3n) is 9.28. The van der Waals surface area contributed by atoms with Crippen LogP contribution in [0.15, 0.2) is 192 Å². The van der Waals surface area contributed by atoms with E-state index >= 15 is 0 Å². The molecule has 2 heteroatoms. The van der Waals surface area contributed by atoms with Crippen LogP contribution in [-0.4, -0.2) is 0 Å². The van der Waals surface area contributed by atoms with Crippen molar-refractivity contribution in [2.24, 2.45) is 0 Å². The van der Waals surface area contributed by atoms with Crippen molar-refractivity contribution in [1.82, 2.24) is 0 Å². The summed E-state index contributed by atoms with van der Waals surface area (Å²) >= 11 is 0. The summed E-state index contributed by atoms with van der Waals surface area (Å²) in [5.74, 6) is 0. The second-order valence-electron chi connectivity index (χ2n) is 12.1. The number of hydrogen-bond acceptors (Lipinski definition) is 2. The van der Waals surface area contributed by atoms with Gasteiger partial charge >= 0.3 is 0 Å². The predicted molar refractivity (Wildman–Crippen MR) is 202 cm³/mol. The van der Waals surface area contributed by atoms with Gasteiger partial charge in [0.25, 0.3) is 0 Å². The van der Waals surface area contributed by atoms with Crippen molar-refractivity contribution in [3.63, 3.8) is 0 Å². The summed E-state index contributed by atoms with van der Waals surface area (Å²) in [5, 5.41) is 4.56. The van der Waals surface area contributed by atoms with E-state index < -0.39 is 0 Å². The van der Waals surface area contributed by atoms with Gasteiger partial charge in [-0.1, -0.05) is 140 Å². The molecule has 0 aliphatic rings. The number of furan rings is 1. The monoisotopic (exact) mass is 613 g/mol. The van der Waals surface area contributed by atoms with Crippen LogP contribution in [0.1, 0.15) is 0 Å². The van der Waals surface area contributed by atoms with Crippen molar-refractivity contribution < 1.29 is 4.42 Å². The molecule has 1 heterocycles. The highest BCUT2D eigenvalue weighted by atomic mass is 16.3. The molecular formula is C46H31NO. The largest absolute Gasteiger partial charge is 0.455 e. The molecule has 2 nitrogen and oxygen atoms in total. The number of para-hydroxylation sites is 2. The molecule has 0 atom stereocenters. The SMILES string of the molecule is c1ccc(-c2ccc(-c3ccc(-c4ccc(N(c5ccccc5)c5ccccc5)cc4)c4c3oc3c5ccccc5ccc34)cc2)cc1. The van der Waals surface area contributed by atoms with Crippen LogP contribution in [0.5, 0.6) is 0 Å². The standard InChI is InChI=1S/C46H31NO/c1-4-12-32(13-5-1)33-20-22-36(23-21-33)42-31-30-40(44-43-29-26-34-14-10-11-19-41(34)45(43)48-46(42)44)35-24-27-39(28-25-35)47(37-15-6-2-7-16-37)38-17-8-3-9-18-38/h1-31H. The first-order valence-corrected chi connectivity index (χ1v) is 16.4. The third kappa shape index (κ3) is 4.83.